The Hall–Kier alpha value is -0.910. The van der Waals surface area contributed by atoms with Crippen LogP contribution in [-0.2, 0) is 13.0 Å². The van der Waals surface area contributed by atoms with Gasteiger partial charge in [-0.25, -0.2) is 0 Å². The van der Waals surface area contributed by atoms with E-state index in [2.05, 4.69) is 15.3 Å². The fraction of sp³-hybridized carbons (Fsp3) is 0.812. The lowest BCUT2D eigenvalue weighted by molar-refractivity contribution is 0.0656. The first-order valence-corrected chi connectivity index (χ1v) is 8.49. The third-order valence-electron chi connectivity index (χ3n) is 5.65. The van der Waals surface area contributed by atoms with Gasteiger partial charge in [0.1, 0.15) is 0 Å². The topological polar surface area (TPSA) is 53.3 Å². The smallest absolute Gasteiger partial charge is 0.0644 e. The molecule has 0 aromatic carbocycles. The van der Waals surface area contributed by atoms with Gasteiger partial charge in [-0.2, -0.15) is 5.10 Å². The molecule has 5 rings (SSSR count). The Balaban J connectivity index is 1.50. The predicted molar refractivity (Wildman–Crippen MR) is 81.1 cm³/mol. The number of aliphatic hydroxyl groups is 1. The molecule has 3 saturated heterocycles. The molecule has 2 bridgehead atoms. The van der Waals surface area contributed by atoms with Crippen molar-refractivity contribution < 1.29 is 5.11 Å². The van der Waals surface area contributed by atoms with Gasteiger partial charge in [-0.3, -0.25) is 4.68 Å². The van der Waals surface area contributed by atoms with E-state index in [4.69, 9.17) is 5.11 Å². The van der Waals surface area contributed by atoms with Crippen molar-refractivity contribution in [2.45, 2.75) is 50.7 Å². The van der Waals surface area contributed by atoms with Crippen LogP contribution < -0.4 is 5.32 Å². The van der Waals surface area contributed by atoms with E-state index in [-0.39, 0.29) is 6.61 Å². The molecule has 5 nitrogen and oxygen atoms in total. The summed E-state index contributed by atoms with van der Waals surface area (Å²) in [7, 11) is 0. The molecule has 1 aliphatic carbocycles. The van der Waals surface area contributed by atoms with Crippen molar-refractivity contribution in [2.75, 3.05) is 26.2 Å². The van der Waals surface area contributed by atoms with Gasteiger partial charge in [-0.15, -0.1) is 0 Å². The third-order valence-corrected chi connectivity index (χ3v) is 5.65. The molecule has 2 atom stereocenters. The Kier molecular flexibility index (Phi) is 3.73. The monoisotopic (exact) mass is 290 g/mol. The highest BCUT2D eigenvalue weighted by atomic mass is 16.3. The SMILES string of the molecule is OCCn1ncc2c1CCCC2NC1CN2CCC1CC2. The minimum absolute atomic E-state index is 0.172. The maximum absolute atomic E-state index is 9.16. The molecule has 4 aliphatic rings. The van der Waals surface area contributed by atoms with Crippen molar-refractivity contribution in [3.05, 3.63) is 17.5 Å². The van der Waals surface area contributed by atoms with E-state index in [1.54, 1.807) is 0 Å². The summed E-state index contributed by atoms with van der Waals surface area (Å²) < 4.78 is 2.00. The largest absolute Gasteiger partial charge is 0.394 e. The zero-order valence-electron chi connectivity index (χ0n) is 12.7. The van der Waals surface area contributed by atoms with Crippen molar-refractivity contribution in [1.82, 2.24) is 20.0 Å². The molecule has 1 aromatic rings. The minimum Gasteiger partial charge on any atom is -0.394 e. The highest BCUT2D eigenvalue weighted by Crippen LogP contribution is 2.33. The molecule has 0 spiro atoms. The molecule has 21 heavy (non-hydrogen) atoms. The Morgan fingerprint density at radius 3 is 2.86 bits per heavy atom. The van der Waals surface area contributed by atoms with E-state index < -0.39 is 0 Å². The first-order chi connectivity index (χ1) is 10.3. The molecular weight excluding hydrogens is 264 g/mol. The van der Waals surface area contributed by atoms with Crippen molar-refractivity contribution >= 4 is 0 Å². The van der Waals surface area contributed by atoms with Gasteiger partial charge in [-0.1, -0.05) is 0 Å². The third kappa shape index (κ3) is 2.51. The zero-order chi connectivity index (χ0) is 14.2. The van der Waals surface area contributed by atoms with Crippen LogP contribution in [0.25, 0.3) is 0 Å². The number of piperidine rings is 3. The van der Waals surface area contributed by atoms with Crippen LogP contribution in [0.1, 0.15) is 43.0 Å². The van der Waals surface area contributed by atoms with Crippen molar-refractivity contribution in [3.8, 4) is 0 Å². The molecular formula is C16H26N4O. The van der Waals surface area contributed by atoms with Gasteiger partial charge in [0, 0.05) is 29.9 Å². The summed E-state index contributed by atoms with van der Waals surface area (Å²) >= 11 is 0. The number of aromatic nitrogens is 2. The summed E-state index contributed by atoms with van der Waals surface area (Å²) in [6.07, 6.45) is 8.31. The van der Waals surface area contributed by atoms with Crippen LogP contribution in [0.2, 0.25) is 0 Å². The second-order valence-electron chi connectivity index (χ2n) is 6.85. The van der Waals surface area contributed by atoms with Gasteiger partial charge in [0.25, 0.3) is 0 Å². The van der Waals surface area contributed by atoms with Gasteiger partial charge in [0.15, 0.2) is 0 Å². The second-order valence-corrected chi connectivity index (χ2v) is 6.85. The normalized spacial score (nSPS) is 34.9. The molecule has 3 aliphatic heterocycles. The summed E-state index contributed by atoms with van der Waals surface area (Å²) in [6, 6.07) is 1.12. The van der Waals surface area contributed by atoms with E-state index >= 15 is 0 Å². The minimum atomic E-state index is 0.172. The standard InChI is InChI=1S/C16H26N4O/c21-9-8-20-16-3-1-2-14(13(16)10-17-20)18-15-11-19-6-4-12(15)5-7-19/h10,12,14-15,18,21H,1-9,11H2. The molecule has 2 N–H and O–H groups in total. The Morgan fingerprint density at radius 1 is 1.29 bits per heavy atom. The van der Waals surface area contributed by atoms with E-state index in [9.17, 15) is 0 Å². The highest BCUT2D eigenvalue weighted by Gasteiger charge is 2.36. The quantitative estimate of drug-likeness (QED) is 0.866. The first-order valence-electron chi connectivity index (χ1n) is 8.49. The van der Waals surface area contributed by atoms with Gasteiger partial charge in [0.05, 0.1) is 19.3 Å². The molecule has 1 aromatic heterocycles. The van der Waals surface area contributed by atoms with E-state index in [0.717, 1.165) is 12.3 Å². The number of nitrogens with one attached hydrogen (secondary N) is 1. The number of hydrogen-bond acceptors (Lipinski definition) is 4. The number of nitrogens with zero attached hydrogens (tertiary/aromatic N) is 3. The zero-order valence-corrected chi connectivity index (χ0v) is 12.7. The van der Waals surface area contributed by atoms with E-state index in [0.29, 0.717) is 18.6 Å². The fourth-order valence-electron chi connectivity index (χ4n) is 4.49. The Labute approximate surface area is 126 Å². The maximum atomic E-state index is 9.16. The van der Waals surface area contributed by atoms with Crippen LogP contribution >= 0.6 is 0 Å². The maximum Gasteiger partial charge on any atom is 0.0644 e. The molecule has 2 unspecified atom stereocenters. The molecule has 116 valence electrons. The van der Waals surface area contributed by atoms with Crippen molar-refractivity contribution in [2.24, 2.45) is 5.92 Å². The van der Waals surface area contributed by atoms with E-state index in [1.807, 2.05) is 10.9 Å². The van der Waals surface area contributed by atoms with Crippen LogP contribution in [0.4, 0.5) is 0 Å². The molecule has 0 radical (unpaired) electrons. The molecule has 0 amide bonds. The number of aliphatic hydroxyl groups excluding tert-OH is 1. The average molecular weight is 290 g/mol. The van der Waals surface area contributed by atoms with Crippen molar-refractivity contribution in [3.63, 3.8) is 0 Å². The van der Waals surface area contributed by atoms with Gasteiger partial charge < -0.3 is 15.3 Å². The molecule has 3 fully saturated rings. The average Bonchev–Trinajstić information content (AvgIpc) is 2.93. The lowest BCUT2D eigenvalue weighted by atomic mass is 9.82. The fourth-order valence-corrected chi connectivity index (χ4v) is 4.49. The first kappa shape index (κ1) is 13.7. The summed E-state index contributed by atoms with van der Waals surface area (Å²) in [5.41, 5.74) is 2.72. The number of hydrogen-bond donors (Lipinski definition) is 2. The van der Waals surface area contributed by atoms with E-state index in [1.165, 1.54) is 56.6 Å². The Morgan fingerprint density at radius 2 is 2.14 bits per heavy atom. The van der Waals surface area contributed by atoms with Gasteiger partial charge in [0.2, 0.25) is 0 Å². The summed E-state index contributed by atoms with van der Waals surface area (Å²) in [4.78, 5) is 2.61. The number of rotatable bonds is 4. The van der Waals surface area contributed by atoms with Crippen LogP contribution in [-0.4, -0.2) is 52.1 Å². The van der Waals surface area contributed by atoms with Crippen LogP contribution in [0.5, 0.6) is 0 Å². The summed E-state index contributed by atoms with van der Waals surface area (Å²) in [5, 5.41) is 17.6. The van der Waals surface area contributed by atoms with Crippen LogP contribution in [0.3, 0.4) is 0 Å². The summed E-state index contributed by atoms with van der Waals surface area (Å²) in [6.45, 7) is 4.62. The van der Waals surface area contributed by atoms with Gasteiger partial charge >= 0.3 is 0 Å². The molecule has 0 saturated carbocycles. The highest BCUT2D eigenvalue weighted by molar-refractivity contribution is 5.25. The van der Waals surface area contributed by atoms with Crippen LogP contribution in [0.15, 0.2) is 6.20 Å². The lowest BCUT2D eigenvalue weighted by Crippen LogP contribution is -2.56. The Bertz CT molecular complexity index is 492. The second kappa shape index (κ2) is 5.71. The molecule has 5 heteroatoms. The number of fused-ring (bicyclic) bond motifs is 4. The van der Waals surface area contributed by atoms with Crippen LogP contribution in [0, 0.1) is 5.92 Å². The molecule has 4 heterocycles. The van der Waals surface area contributed by atoms with Gasteiger partial charge in [-0.05, 0) is 51.1 Å². The summed E-state index contributed by atoms with van der Waals surface area (Å²) in [5.74, 6) is 0.868. The predicted octanol–water partition coefficient (Wildman–Crippen LogP) is 0.937. The lowest BCUT2D eigenvalue weighted by Gasteiger charge is -2.46. The van der Waals surface area contributed by atoms with Crippen molar-refractivity contribution in [1.29, 1.82) is 0 Å².